The minimum atomic E-state index is -0.130. The fourth-order valence-corrected chi connectivity index (χ4v) is 2.52. The van der Waals surface area contributed by atoms with Crippen molar-refractivity contribution < 1.29 is 9.90 Å². The number of amides is 1. The van der Waals surface area contributed by atoms with Gasteiger partial charge in [-0.15, -0.1) is 0 Å². The first-order valence-electron chi connectivity index (χ1n) is 6.27. The second kappa shape index (κ2) is 4.97. The molecular formula is C12H20N4O2. The lowest BCUT2D eigenvalue weighted by Crippen LogP contribution is -2.46. The van der Waals surface area contributed by atoms with Crippen molar-refractivity contribution in [3.05, 3.63) is 11.4 Å². The van der Waals surface area contributed by atoms with Crippen LogP contribution in [0.4, 0.5) is 5.69 Å². The first-order chi connectivity index (χ1) is 8.56. The Kier molecular flexibility index (Phi) is 3.56. The van der Waals surface area contributed by atoms with E-state index >= 15 is 0 Å². The van der Waals surface area contributed by atoms with E-state index in [1.165, 1.54) is 4.68 Å². The highest BCUT2D eigenvalue weighted by molar-refractivity contribution is 5.98. The predicted molar refractivity (Wildman–Crippen MR) is 68.1 cm³/mol. The maximum absolute atomic E-state index is 12.5. The molecule has 0 bridgehead atoms. The number of hydrogen-bond acceptors (Lipinski definition) is 4. The number of aliphatic hydroxyl groups is 1. The van der Waals surface area contributed by atoms with Gasteiger partial charge in [0.05, 0.1) is 24.0 Å². The third-order valence-electron chi connectivity index (χ3n) is 3.57. The number of likely N-dealkylation sites (tertiary alicyclic amines) is 1. The lowest BCUT2D eigenvalue weighted by Gasteiger charge is -2.34. The summed E-state index contributed by atoms with van der Waals surface area (Å²) < 4.78 is 1.52. The Morgan fingerprint density at radius 3 is 2.83 bits per heavy atom. The maximum Gasteiger partial charge on any atom is 0.274 e. The van der Waals surface area contributed by atoms with Gasteiger partial charge in [-0.05, 0) is 26.2 Å². The standard InChI is InChI=1S/C12H20N4O2/c1-8-10(13)11(15(2)14-8)12(18)16-6-4-3-5-9(16)7-17/h9,17H,3-7,13H2,1-2H3. The monoisotopic (exact) mass is 252 g/mol. The van der Waals surface area contributed by atoms with Crippen LogP contribution in [0.25, 0.3) is 0 Å². The zero-order valence-corrected chi connectivity index (χ0v) is 10.9. The summed E-state index contributed by atoms with van der Waals surface area (Å²) in [6.07, 6.45) is 2.87. The summed E-state index contributed by atoms with van der Waals surface area (Å²) in [5, 5.41) is 13.5. The number of nitrogens with zero attached hydrogens (tertiary/aromatic N) is 3. The van der Waals surface area contributed by atoms with Crippen molar-refractivity contribution >= 4 is 11.6 Å². The zero-order valence-electron chi connectivity index (χ0n) is 10.9. The minimum Gasteiger partial charge on any atom is -0.395 e. The number of carbonyl (C=O) groups excluding carboxylic acids is 1. The van der Waals surface area contributed by atoms with Crippen LogP contribution in [0.5, 0.6) is 0 Å². The van der Waals surface area contributed by atoms with E-state index < -0.39 is 0 Å². The Bertz CT molecular complexity index is 455. The van der Waals surface area contributed by atoms with Gasteiger partial charge in [0.15, 0.2) is 0 Å². The van der Waals surface area contributed by atoms with Crippen molar-refractivity contribution in [2.45, 2.75) is 32.2 Å². The van der Waals surface area contributed by atoms with Gasteiger partial charge in [0.1, 0.15) is 5.69 Å². The lowest BCUT2D eigenvalue weighted by atomic mass is 10.0. The van der Waals surface area contributed by atoms with Gasteiger partial charge in [-0.25, -0.2) is 0 Å². The van der Waals surface area contributed by atoms with Crippen molar-refractivity contribution in [1.82, 2.24) is 14.7 Å². The van der Waals surface area contributed by atoms with Crippen molar-refractivity contribution in [2.24, 2.45) is 7.05 Å². The van der Waals surface area contributed by atoms with Crippen LogP contribution in [-0.4, -0.2) is 44.9 Å². The Morgan fingerprint density at radius 2 is 2.28 bits per heavy atom. The number of aliphatic hydroxyl groups excluding tert-OH is 1. The molecule has 0 radical (unpaired) electrons. The van der Waals surface area contributed by atoms with E-state index in [0.29, 0.717) is 23.6 Å². The van der Waals surface area contributed by atoms with E-state index in [9.17, 15) is 9.90 Å². The molecule has 1 aromatic rings. The van der Waals surface area contributed by atoms with E-state index in [4.69, 9.17) is 5.73 Å². The number of nitrogen functional groups attached to an aromatic ring is 1. The molecule has 2 rings (SSSR count). The lowest BCUT2D eigenvalue weighted by molar-refractivity contribution is 0.0493. The predicted octanol–water partition coefficient (Wildman–Crippen LogP) is 0.298. The Labute approximate surface area is 106 Å². The van der Waals surface area contributed by atoms with E-state index in [1.54, 1.807) is 18.9 Å². The molecule has 1 saturated heterocycles. The van der Waals surface area contributed by atoms with Crippen molar-refractivity contribution in [3.63, 3.8) is 0 Å². The molecule has 0 aromatic carbocycles. The summed E-state index contributed by atoms with van der Waals surface area (Å²) >= 11 is 0. The molecule has 3 N–H and O–H groups in total. The largest absolute Gasteiger partial charge is 0.395 e. The number of piperidine rings is 1. The number of rotatable bonds is 2. The molecule has 0 spiro atoms. The Balaban J connectivity index is 2.29. The quantitative estimate of drug-likeness (QED) is 0.792. The molecule has 1 amide bonds. The molecule has 1 aliphatic rings. The number of hydrogen-bond donors (Lipinski definition) is 2. The molecule has 2 heterocycles. The van der Waals surface area contributed by atoms with E-state index in [0.717, 1.165) is 19.3 Å². The summed E-state index contributed by atoms with van der Waals surface area (Å²) in [6.45, 7) is 2.46. The van der Waals surface area contributed by atoms with Gasteiger partial charge in [0, 0.05) is 13.6 Å². The third kappa shape index (κ3) is 2.08. The molecule has 100 valence electrons. The normalized spacial score (nSPS) is 20.2. The number of anilines is 1. The summed E-state index contributed by atoms with van der Waals surface area (Å²) in [5.41, 5.74) is 7.43. The van der Waals surface area contributed by atoms with E-state index in [2.05, 4.69) is 5.10 Å². The fraction of sp³-hybridized carbons (Fsp3) is 0.667. The fourth-order valence-electron chi connectivity index (χ4n) is 2.52. The number of carbonyl (C=O) groups is 1. The molecule has 1 unspecified atom stereocenters. The second-order valence-electron chi connectivity index (χ2n) is 4.80. The van der Waals surface area contributed by atoms with Gasteiger partial charge >= 0.3 is 0 Å². The van der Waals surface area contributed by atoms with Crippen LogP contribution in [0.1, 0.15) is 35.4 Å². The topological polar surface area (TPSA) is 84.4 Å². The molecule has 1 atom stereocenters. The van der Waals surface area contributed by atoms with Gasteiger partial charge in [-0.1, -0.05) is 0 Å². The van der Waals surface area contributed by atoms with Crippen LogP contribution in [-0.2, 0) is 7.05 Å². The van der Waals surface area contributed by atoms with E-state index in [1.807, 2.05) is 0 Å². The van der Waals surface area contributed by atoms with Gasteiger partial charge in [-0.2, -0.15) is 5.10 Å². The average molecular weight is 252 g/mol. The summed E-state index contributed by atoms with van der Waals surface area (Å²) in [4.78, 5) is 14.2. The smallest absolute Gasteiger partial charge is 0.274 e. The second-order valence-corrected chi connectivity index (χ2v) is 4.80. The van der Waals surface area contributed by atoms with Crippen molar-refractivity contribution in [2.75, 3.05) is 18.9 Å². The molecule has 6 heteroatoms. The van der Waals surface area contributed by atoms with Gasteiger partial charge in [-0.3, -0.25) is 9.48 Å². The average Bonchev–Trinajstić information content (AvgIpc) is 2.62. The van der Waals surface area contributed by atoms with Crippen LogP contribution < -0.4 is 5.73 Å². The van der Waals surface area contributed by atoms with Gasteiger partial charge in [0.2, 0.25) is 0 Å². The van der Waals surface area contributed by atoms with Crippen molar-refractivity contribution in [1.29, 1.82) is 0 Å². The van der Waals surface area contributed by atoms with Gasteiger partial charge < -0.3 is 15.7 Å². The summed E-state index contributed by atoms with van der Waals surface area (Å²) in [6, 6.07) is -0.0964. The zero-order chi connectivity index (χ0) is 13.3. The van der Waals surface area contributed by atoms with Crippen LogP contribution in [0.3, 0.4) is 0 Å². The van der Waals surface area contributed by atoms with Crippen LogP contribution >= 0.6 is 0 Å². The summed E-state index contributed by atoms with van der Waals surface area (Å²) in [5.74, 6) is -0.130. The number of aromatic nitrogens is 2. The minimum absolute atomic E-state index is 0.00246. The maximum atomic E-state index is 12.5. The molecule has 6 nitrogen and oxygen atoms in total. The molecular weight excluding hydrogens is 232 g/mol. The summed E-state index contributed by atoms with van der Waals surface area (Å²) in [7, 11) is 1.72. The molecule has 1 fully saturated rings. The number of aryl methyl sites for hydroxylation is 2. The van der Waals surface area contributed by atoms with Crippen LogP contribution in [0.2, 0.25) is 0 Å². The van der Waals surface area contributed by atoms with Crippen molar-refractivity contribution in [3.8, 4) is 0 Å². The van der Waals surface area contributed by atoms with Crippen LogP contribution in [0.15, 0.2) is 0 Å². The highest BCUT2D eigenvalue weighted by Gasteiger charge is 2.30. The number of nitrogens with two attached hydrogens (primary N) is 1. The van der Waals surface area contributed by atoms with E-state index in [-0.39, 0.29) is 18.6 Å². The third-order valence-corrected chi connectivity index (χ3v) is 3.57. The van der Waals surface area contributed by atoms with Gasteiger partial charge in [0.25, 0.3) is 5.91 Å². The highest BCUT2D eigenvalue weighted by Crippen LogP contribution is 2.23. The first kappa shape index (κ1) is 12.9. The molecule has 1 aromatic heterocycles. The van der Waals surface area contributed by atoms with Crippen LogP contribution in [0, 0.1) is 6.92 Å². The Hall–Kier alpha value is -1.56. The molecule has 18 heavy (non-hydrogen) atoms. The molecule has 0 saturated carbocycles. The first-order valence-corrected chi connectivity index (χ1v) is 6.27. The molecule has 0 aliphatic carbocycles. The SMILES string of the molecule is Cc1nn(C)c(C(=O)N2CCCCC2CO)c1N. The Morgan fingerprint density at radius 1 is 1.56 bits per heavy atom. The molecule has 1 aliphatic heterocycles. The highest BCUT2D eigenvalue weighted by atomic mass is 16.3.